The van der Waals surface area contributed by atoms with E-state index in [1.54, 1.807) is 12.4 Å². The Kier molecular flexibility index (Phi) is 3.76. The van der Waals surface area contributed by atoms with Crippen LogP contribution in [0.25, 0.3) is 0 Å². The van der Waals surface area contributed by atoms with E-state index in [0.29, 0.717) is 0 Å². The van der Waals surface area contributed by atoms with Gasteiger partial charge in [-0.3, -0.25) is 4.99 Å². The molecule has 0 atom stereocenters. The summed E-state index contributed by atoms with van der Waals surface area (Å²) in [7, 11) is 0. The number of nitrogens with one attached hydrogen (secondary N) is 1. The van der Waals surface area contributed by atoms with Gasteiger partial charge in [0.25, 0.3) is 0 Å². The molecular formula is C6H10N2. The first-order valence-electron chi connectivity index (χ1n) is 2.46. The van der Waals surface area contributed by atoms with Gasteiger partial charge in [0.2, 0.25) is 0 Å². The Bertz CT molecular complexity index is 122. The summed E-state index contributed by atoms with van der Waals surface area (Å²) in [6, 6.07) is 0. The summed E-state index contributed by atoms with van der Waals surface area (Å²) in [5, 5.41) is 6.72. The van der Waals surface area contributed by atoms with E-state index >= 15 is 0 Å². The van der Waals surface area contributed by atoms with Crippen LogP contribution in [0.1, 0.15) is 13.8 Å². The summed E-state index contributed by atoms with van der Waals surface area (Å²) in [5.74, 6) is 0. The highest BCUT2D eigenvalue weighted by atomic mass is 14.7. The first kappa shape index (κ1) is 7.08. The first-order valence-corrected chi connectivity index (χ1v) is 2.46. The highest BCUT2D eigenvalue weighted by Gasteiger charge is 1.72. The predicted molar refractivity (Wildman–Crippen MR) is 36.7 cm³/mol. The van der Waals surface area contributed by atoms with Gasteiger partial charge in [0.15, 0.2) is 0 Å². The molecule has 0 saturated heterocycles. The Labute approximate surface area is 49.5 Å². The van der Waals surface area contributed by atoms with Gasteiger partial charge < -0.3 is 5.41 Å². The first-order chi connectivity index (χ1) is 3.81. The molecular weight excluding hydrogens is 100 g/mol. The van der Waals surface area contributed by atoms with Crippen molar-refractivity contribution in [3.05, 3.63) is 11.8 Å². The summed E-state index contributed by atoms with van der Waals surface area (Å²) >= 11 is 0. The molecule has 0 radical (unpaired) electrons. The molecule has 1 N–H and O–H groups in total. The summed E-state index contributed by atoms with van der Waals surface area (Å²) < 4.78 is 0. The van der Waals surface area contributed by atoms with E-state index in [1.807, 2.05) is 13.8 Å². The predicted octanol–water partition coefficient (Wildman–Crippen LogP) is 1.63. The third-order valence-corrected chi connectivity index (χ3v) is 0.655. The van der Waals surface area contributed by atoms with Gasteiger partial charge in [-0.15, -0.1) is 0 Å². The second kappa shape index (κ2) is 4.24. The molecule has 0 amide bonds. The van der Waals surface area contributed by atoms with Crippen molar-refractivity contribution >= 4 is 12.4 Å². The molecule has 0 heterocycles. The number of hydrogen-bond acceptors (Lipinski definition) is 2. The van der Waals surface area contributed by atoms with Crippen LogP contribution in [0.3, 0.4) is 0 Å². The van der Waals surface area contributed by atoms with E-state index in [0.717, 1.165) is 5.57 Å². The molecule has 0 bridgehead atoms. The molecule has 0 aliphatic carbocycles. The Hall–Kier alpha value is -0.920. The van der Waals surface area contributed by atoms with E-state index < -0.39 is 0 Å². The second-order valence-electron chi connectivity index (χ2n) is 1.42. The van der Waals surface area contributed by atoms with Gasteiger partial charge >= 0.3 is 0 Å². The molecule has 0 unspecified atom stereocenters. The Balaban J connectivity index is 3.74. The number of allylic oxidation sites excluding steroid dienone is 1. The number of nitrogens with zero attached hydrogens (tertiary/aromatic N) is 1. The molecule has 0 aromatic carbocycles. The van der Waals surface area contributed by atoms with Gasteiger partial charge in [0.1, 0.15) is 0 Å². The minimum Gasteiger partial charge on any atom is -0.308 e. The van der Waals surface area contributed by atoms with Gasteiger partial charge in [-0.2, -0.15) is 0 Å². The van der Waals surface area contributed by atoms with E-state index in [1.165, 1.54) is 6.21 Å². The van der Waals surface area contributed by atoms with Crippen LogP contribution in [-0.2, 0) is 0 Å². The minimum absolute atomic E-state index is 0.864. The van der Waals surface area contributed by atoms with Gasteiger partial charge in [0.05, 0.1) is 0 Å². The fraction of sp³-hybridized carbons (Fsp3) is 0.333. The van der Waals surface area contributed by atoms with Crippen molar-refractivity contribution in [3.8, 4) is 0 Å². The van der Waals surface area contributed by atoms with Crippen LogP contribution >= 0.6 is 0 Å². The largest absolute Gasteiger partial charge is 0.308 e. The van der Waals surface area contributed by atoms with Crippen molar-refractivity contribution in [1.82, 2.24) is 0 Å². The van der Waals surface area contributed by atoms with Crippen LogP contribution < -0.4 is 0 Å². The van der Waals surface area contributed by atoms with Crippen LogP contribution in [0.2, 0.25) is 0 Å². The van der Waals surface area contributed by atoms with E-state index in [2.05, 4.69) is 4.99 Å². The normalized spacial score (nSPS) is 12.5. The number of aliphatic imine (C=N–C) groups is 1. The maximum absolute atomic E-state index is 6.72. The van der Waals surface area contributed by atoms with Crippen molar-refractivity contribution in [2.24, 2.45) is 4.99 Å². The van der Waals surface area contributed by atoms with Crippen LogP contribution in [0.5, 0.6) is 0 Å². The van der Waals surface area contributed by atoms with Crippen molar-refractivity contribution in [2.45, 2.75) is 13.8 Å². The van der Waals surface area contributed by atoms with Gasteiger partial charge in [-0.1, -0.05) is 0 Å². The molecule has 0 fully saturated rings. The third kappa shape index (κ3) is 3.28. The molecule has 44 valence electrons. The maximum Gasteiger partial charge on any atom is 0.0308 e. The van der Waals surface area contributed by atoms with Crippen molar-refractivity contribution in [1.29, 1.82) is 5.41 Å². The van der Waals surface area contributed by atoms with Crippen molar-refractivity contribution in [2.75, 3.05) is 0 Å². The quantitative estimate of drug-likeness (QED) is 0.524. The van der Waals surface area contributed by atoms with Crippen molar-refractivity contribution in [3.63, 3.8) is 0 Å². The smallest absolute Gasteiger partial charge is 0.0308 e. The zero-order valence-electron chi connectivity index (χ0n) is 5.18. The van der Waals surface area contributed by atoms with Gasteiger partial charge in [-0.05, 0) is 19.4 Å². The highest BCUT2D eigenvalue weighted by molar-refractivity contribution is 5.74. The summed E-state index contributed by atoms with van der Waals surface area (Å²) in [6.07, 6.45) is 4.60. The Morgan fingerprint density at radius 2 is 2.25 bits per heavy atom. The zero-order chi connectivity index (χ0) is 6.41. The summed E-state index contributed by atoms with van der Waals surface area (Å²) in [4.78, 5) is 3.80. The molecule has 0 aliphatic rings. The lowest BCUT2D eigenvalue weighted by Crippen LogP contribution is -1.71. The van der Waals surface area contributed by atoms with Crippen LogP contribution in [0.15, 0.2) is 16.8 Å². The van der Waals surface area contributed by atoms with Gasteiger partial charge in [0, 0.05) is 18.6 Å². The van der Waals surface area contributed by atoms with E-state index in [9.17, 15) is 0 Å². The fourth-order valence-corrected chi connectivity index (χ4v) is 0.229. The highest BCUT2D eigenvalue weighted by Crippen LogP contribution is 1.84. The lowest BCUT2D eigenvalue weighted by molar-refractivity contribution is 1.44. The average molecular weight is 110 g/mol. The molecule has 0 saturated carbocycles. The molecule has 2 nitrogen and oxygen atoms in total. The third-order valence-electron chi connectivity index (χ3n) is 0.655. The second-order valence-corrected chi connectivity index (χ2v) is 1.42. The zero-order valence-corrected chi connectivity index (χ0v) is 5.18. The monoisotopic (exact) mass is 110 g/mol. The fourth-order valence-electron chi connectivity index (χ4n) is 0.229. The van der Waals surface area contributed by atoms with Crippen LogP contribution in [-0.4, -0.2) is 12.4 Å². The SMILES string of the molecule is CC=NC=C(C)C=N. The Morgan fingerprint density at radius 3 is 2.62 bits per heavy atom. The average Bonchev–Trinajstić information content (AvgIpc) is 1.83. The summed E-state index contributed by atoms with van der Waals surface area (Å²) in [6.45, 7) is 3.67. The molecule has 2 heteroatoms. The topological polar surface area (TPSA) is 36.2 Å². The lowest BCUT2D eigenvalue weighted by Gasteiger charge is -1.79. The van der Waals surface area contributed by atoms with Crippen molar-refractivity contribution < 1.29 is 0 Å². The Morgan fingerprint density at radius 1 is 1.62 bits per heavy atom. The maximum atomic E-state index is 6.72. The van der Waals surface area contributed by atoms with Gasteiger partial charge in [-0.25, -0.2) is 0 Å². The van der Waals surface area contributed by atoms with Crippen LogP contribution in [0.4, 0.5) is 0 Å². The minimum atomic E-state index is 0.864. The van der Waals surface area contributed by atoms with E-state index in [4.69, 9.17) is 5.41 Å². The molecule has 0 aromatic heterocycles. The van der Waals surface area contributed by atoms with Crippen LogP contribution in [0, 0.1) is 5.41 Å². The molecule has 0 aromatic rings. The molecule has 0 spiro atoms. The summed E-state index contributed by atoms with van der Waals surface area (Å²) in [5.41, 5.74) is 0.864. The molecule has 0 aliphatic heterocycles. The number of rotatable bonds is 2. The van der Waals surface area contributed by atoms with E-state index in [-0.39, 0.29) is 0 Å². The standard InChI is InChI=1S/C6H10N2/c1-3-8-5-6(2)4-7/h3-5,7H,1-2H3. The number of hydrogen-bond donors (Lipinski definition) is 1. The molecule has 8 heavy (non-hydrogen) atoms. The molecule has 0 rings (SSSR count). The lowest BCUT2D eigenvalue weighted by atomic mass is 10.4.